The summed E-state index contributed by atoms with van der Waals surface area (Å²) in [5.41, 5.74) is 1.85. The third-order valence-electron chi connectivity index (χ3n) is 1.99. The van der Waals surface area contributed by atoms with Crippen LogP contribution in [-0.2, 0) is 11.2 Å². The van der Waals surface area contributed by atoms with E-state index in [9.17, 15) is 4.79 Å². The van der Waals surface area contributed by atoms with Crippen molar-refractivity contribution in [1.82, 2.24) is 9.97 Å². The number of carbonyl (C=O) groups is 1. The van der Waals surface area contributed by atoms with Gasteiger partial charge in [0.2, 0.25) is 0 Å². The fraction of sp³-hybridized carbons (Fsp3) is 0.182. The van der Waals surface area contributed by atoms with Crippen molar-refractivity contribution >= 4 is 16.7 Å². The van der Waals surface area contributed by atoms with Crippen LogP contribution in [-0.4, -0.2) is 15.8 Å². The largest absolute Gasteiger partial charge is 0.300 e. The standard InChI is InChI=1S/C11H10N2O/c1-8(14)4-9-5-10-7-12-3-2-11(10)13-6-9/h2-3,5-7H,4H2,1H3. The minimum atomic E-state index is 0.148. The van der Waals surface area contributed by atoms with E-state index >= 15 is 0 Å². The van der Waals surface area contributed by atoms with Gasteiger partial charge in [-0.1, -0.05) is 0 Å². The molecule has 0 amide bonds. The molecule has 2 aromatic rings. The summed E-state index contributed by atoms with van der Waals surface area (Å²) in [4.78, 5) is 19.2. The Morgan fingerprint density at radius 2 is 2.29 bits per heavy atom. The number of pyridine rings is 2. The molecule has 2 aromatic heterocycles. The number of fused-ring (bicyclic) bond motifs is 1. The fourth-order valence-electron chi connectivity index (χ4n) is 1.40. The number of rotatable bonds is 2. The Bertz CT molecular complexity index is 479. The second-order valence-corrected chi connectivity index (χ2v) is 3.29. The van der Waals surface area contributed by atoms with E-state index in [4.69, 9.17) is 0 Å². The lowest BCUT2D eigenvalue weighted by atomic mass is 10.1. The number of Topliss-reactive ketones (excluding diaryl/α,β-unsaturated/α-hetero) is 1. The van der Waals surface area contributed by atoms with Crippen molar-refractivity contribution in [1.29, 1.82) is 0 Å². The lowest BCUT2D eigenvalue weighted by Gasteiger charge is -1.99. The number of aromatic nitrogens is 2. The molecule has 0 spiro atoms. The molecule has 0 aliphatic carbocycles. The summed E-state index contributed by atoms with van der Waals surface area (Å²) in [6, 6.07) is 3.81. The molecule has 3 heteroatoms. The molecule has 0 aliphatic heterocycles. The second kappa shape index (κ2) is 3.54. The van der Waals surface area contributed by atoms with E-state index in [1.807, 2.05) is 12.1 Å². The zero-order chi connectivity index (χ0) is 9.97. The molecule has 0 radical (unpaired) electrons. The molecule has 70 valence electrons. The van der Waals surface area contributed by atoms with Gasteiger partial charge in [-0.3, -0.25) is 14.8 Å². The van der Waals surface area contributed by atoms with E-state index in [1.165, 1.54) is 0 Å². The summed E-state index contributed by atoms with van der Waals surface area (Å²) in [5, 5.41) is 0.978. The highest BCUT2D eigenvalue weighted by Crippen LogP contribution is 2.11. The smallest absolute Gasteiger partial charge is 0.134 e. The van der Waals surface area contributed by atoms with Crippen LogP contribution in [0.25, 0.3) is 10.9 Å². The first-order valence-electron chi connectivity index (χ1n) is 4.44. The lowest BCUT2D eigenvalue weighted by molar-refractivity contribution is -0.116. The van der Waals surface area contributed by atoms with Crippen molar-refractivity contribution in [3.63, 3.8) is 0 Å². The molecule has 0 unspecified atom stereocenters. The van der Waals surface area contributed by atoms with Crippen LogP contribution in [0.15, 0.2) is 30.7 Å². The van der Waals surface area contributed by atoms with Crippen LogP contribution < -0.4 is 0 Å². The Balaban J connectivity index is 2.46. The van der Waals surface area contributed by atoms with E-state index < -0.39 is 0 Å². The monoisotopic (exact) mass is 186 g/mol. The highest BCUT2D eigenvalue weighted by Gasteiger charge is 2.00. The summed E-state index contributed by atoms with van der Waals surface area (Å²) in [6.07, 6.45) is 5.65. The van der Waals surface area contributed by atoms with Crippen LogP contribution in [0.1, 0.15) is 12.5 Å². The summed E-state index contributed by atoms with van der Waals surface area (Å²) < 4.78 is 0. The topological polar surface area (TPSA) is 42.9 Å². The Kier molecular flexibility index (Phi) is 2.23. The minimum absolute atomic E-state index is 0.148. The van der Waals surface area contributed by atoms with E-state index in [2.05, 4.69) is 9.97 Å². The van der Waals surface area contributed by atoms with Gasteiger partial charge in [-0.15, -0.1) is 0 Å². The van der Waals surface area contributed by atoms with Crippen LogP contribution >= 0.6 is 0 Å². The Morgan fingerprint density at radius 3 is 3.07 bits per heavy atom. The Labute approximate surface area is 81.8 Å². The normalized spacial score (nSPS) is 10.4. The van der Waals surface area contributed by atoms with Crippen LogP contribution in [0.3, 0.4) is 0 Å². The third-order valence-corrected chi connectivity index (χ3v) is 1.99. The predicted octanol–water partition coefficient (Wildman–Crippen LogP) is 1.76. The Morgan fingerprint density at radius 1 is 1.43 bits per heavy atom. The van der Waals surface area contributed by atoms with Crippen LogP contribution in [0.4, 0.5) is 0 Å². The van der Waals surface area contributed by atoms with Gasteiger partial charge in [0.05, 0.1) is 5.52 Å². The van der Waals surface area contributed by atoms with Crippen molar-refractivity contribution in [2.24, 2.45) is 0 Å². The van der Waals surface area contributed by atoms with Gasteiger partial charge < -0.3 is 0 Å². The first kappa shape index (κ1) is 8.81. The van der Waals surface area contributed by atoms with Gasteiger partial charge in [-0.25, -0.2) is 0 Å². The fourth-order valence-corrected chi connectivity index (χ4v) is 1.40. The SMILES string of the molecule is CC(=O)Cc1cnc2ccncc2c1. The van der Waals surface area contributed by atoms with Crippen LogP contribution in [0.5, 0.6) is 0 Å². The second-order valence-electron chi connectivity index (χ2n) is 3.29. The number of carbonyl (C=O) groups excluding carboxylic acids is 1. The van der Waals surface area contributed by atoms with Crippen molar-refractivity contribution < 1.29 is 4.79 Å². The Hall–Kier alpha value is -1.77. The molecule has 0 aromatic carbocycles. The quantitative estimate of drug-likeness (QED) is 0.717. The number of nitrogens with zero attached hydrogens (tertiary/aromatic N) is 2. The first-order valence-corrected chi connectivity index (χ1v) is 4.44. The number of hydrogen-bond donors (Lipinski definition) is 0. The molecule has 0 fully saturated rings. The van der Waals surface area contributed by atoms with E-state index in [0.717, 1.165) is 16.5 Å². The summed E-state index contributed by atoms with van der Waals surface area (Å²) in [5.74, 6) is 0.148. The first-order chi connectivity index (χ1) is 6.75. The van der Waals surface area contributed by atoms with Crippen molar-refractivity contribution in [2.45, 2.75) is 13.3 Å². The van der Waals surface area contributed by atoms with Gasteiger partial charge in [0.1, 0.15) is 5.78 Å². The zero-order valence-corrected chi connectivity index (χ0v) is 7.90. The molecule has 0 saturated carbocycles. The molecule has 0 atom stereocenters. The van der Waals surface area contributed by atoms with Crippen LogP contribution in [0.2, 0.25) is 0 Å². The summed E-state index contributed by atoms with van der Waals surface area (Å²) in [7, 11) is 0. The van der Waals surface area contributed by atoms with Gasteiger partial charge in [0.25, 0.3) is 0 Å². The van der Waals surface area contributed by atoms with E-state index in [0.29, 0.717) is 6.42 Å². The highest BCUT2D eigenvalue weighted by atomic mass is 16.1. The average Bonchev–Trinajstić information content (AvgIpc) is 2.17. The average molecular weight is 186 g/mol. The molecular weight excluding hydrogens is 176 g/mol. The third kappa shape index (κ3) is 1.76. The van der Waals surface area contributed by atoms with Gasteiger partial charge >= 0.3 is 0 Å². The molecule has 0 bridgehead atoms. The molecule has 14 heavy (non-hydrogen) atoms. The molecule has 3 nitrogen and oxygen atoms in total. The molecule has 0 aliphatic rings. The highest BCUT2D eigenvalue weighted by molar-refractivity contribution is 5.81. The van der Waals surface area contributed by atoms with Crippen molar-refractivity contribution in [3.05, 3.63) is 36.3 Å². The molecule has 2 rings (SSSR count). The van der Waals surface area contributed by atoms with Crippen molar-refractivity contribution in [2.75, 3.05) is 0 Å². The maximum atomic E-state index is 10.9. The maximum Gasteiger partial charge on any atom is 0.134 e. The summed E-state index contributed by atoms with van der Waals surface area (Å²) in [6.45, 7) is 1.58. The number of ketones is 1. The van der Waals surface area contributed by atoms with Gasteiger partial charge in [-0.2, -0.15) is 0 Å². The molecule has 2 heterocycles. The zero-order valence-electron chi connectivity index (χ0n) is 7.90. The minimum Gasteiger partial charge on any atom is -0.300 e. The van der Waals surface area contributed by atoms with Gasteiger partial charge in [-0.05, 0) is 24.6 Å². The van der Waals surface area contributed by atoms with Gasteiger partial charge in [0.15, 0.2) is 0 Å². The molecule has 0 saturated heterocycles. The molecule has 0 N–H and O–H groups in total. The van der Waals surface area contributed by atoms with Crippen molar-refractivity contribution in [3.8, 4) is 0 Å². The maximum absolute atomic E-state index is 10.9. The van der Waals surface area contributed by atoms with Gasteiger partial charge in [0, 0.05) is 30.4 Å². The predicted molar refractivity (Wildman–Crippen MR) is 53.9 cm³/mol. The lowest BCUT2D eigenvalue weighted by Crippen LogP contribution is -1.96. The summed E-state index contributed by atoms with van der Waals surface area (Å²) >= 11 is 0. The molecular formula is C11H10N2O. The number of hydrogen-bond acceptors (Lipinski definition) is 3. The van der Waals surface area contributed by atoms with Crippen LogP contribution in [0, 0.1) is 0 Å². The van der Waals surface area contributed by atoms with E-state index in [1.54, 1.807) is 25.5 Å². The van der Waals surface area contributed by atoms with E-state index in [-0.39, 0.29) is 5.78 Å².